The van der Waals surface area contributed by atoms with Crippen molar-refractivity contribution in [1.82, 2.24) is 10.2 Å². The molecule has 1 aromatic rings. The lowest BCUT2D eigenvalue weighted by Crippen LogP contribution is -2.28. The van der Waals surface area contributed by atoms with Crippen LogP contribution in [0, 0.1) is 0 Å². The van der Waals surface area contributed by atoms with Crippen molar-refractivity contribution < 1.29 is 0 Å². The Morgan fingerprint density at radius 1 is 1.00 bits per heavy atom. The maximum atomic E-state index is 3.57. The molecule has 0 atom stereocenters. The Morgan fingerprint density at radius 2 is 1.63 bits per heavy atom. The molecule has 0 saturated heterocycles. The molecule has 2 saturated carbocycles. The summed E-state index contributed by atoms with van der Waals surface area (Å²) in [4.78, 5) is 2.53. The van der Waals surface area contributed by atoms with Crippen molar-refractivity contribution in [3.63, 3.8) is 0 Å². The van der Waals surface area contributed by atoms with Crippen molar-refractivity contribution in [3.8, 4) is 0 Å². The Bertz CT molecular complexity index is 388. The normalized spacial score (nSPS) is 20.3. The van der Waals surface area contributed by atoms with Gasteiger partial charge in [0.25, 0.3) is 0 Å². The van der Waals surface area contributed by atoms with Crippen LogP contribution in [0.4, 0.5) is 0 Å². The molecule has 19 heavy (non-hydrogen) atoms. The average molecular weight is 258 g/mol. The molecule has 0 bridgehead atoms. The summed E-state index contributed by atoms with van der Waals surface area (Å²) in [6.07, 6.45) is 8.34. The Morgan fingerprint density at radius 3 is 2.26 bits per heavy atom. The lowest BCUT2D eigenvalue weighted by molar-refractivity contribution is 0.237. The fourth-order valence-corrected chi connectivity index (χ4v) is 3.07. The molecule has 0 radical (unpaired) electrons. The van der Waals surface area contributed by atoms with Gasteiger partial charge in [0.2, 0.25) is 0 Å². The number of hydrogen-bond acceptors (Lipinski definition) is 2. The predicted molar refractivity (Wildman–Crippen MR) is 80.0 cm³/mol. The van der Waals surface area contributed by atoms with Gasteiger partial charge in [0.1, 0.15) is 0 Å². The molecule has 2 aliphatic carbocycles. The Hall–Kier alpha value is -0.860. The molecule has 1 aromatic carbocycles. The van der Waals surface area contributed by atoms with Crippen LogP contribution < -0.4 is 5.32 Å². The number of rotatable bonds is 6. The second-order valence-electron chi connectivity index (χ2n) is 6.33. The summed E-state index contributed by atoms with van der Waals surface area (Å²) in [6, 6.07) is 10.8. The van der Waals surface area contributed by atoms with E-state index >= 15 is 0 Å². The van der Waals surface area contributed by atoms with E-state index in [0.717, 1.165) is 25.2 Å². The monoisotopic (exact) mass is 258 g/mol. The van der Waals surface area contributed by atoms with E-state index in [2.05, 4.69) is 41.5 Å². The molecule has 0 heterocycles. The van der Waals surface area contributed by atoms with E-state index in [1.165, 1.54) is 49.7 Å². The van der Waals surface area contributed by atoms with Gasteiger partial charge in [-0.2, -0.15) is 0 Å². The van der Waals surface area contributed by atoms with E-state index in [9.17, 15) is 0 Å². The van der Waals surface area contributed by atoms with Gasteiger partial charge in [0.15, 0.2) is 0 Å². The lowest BCUT2D eigenvalue weighted by atomic mass is 10.1. The lowest BCUT2D eigenvalue weighted by Gasteiger charge is -2.24. The predicted octanol–water partition coefficient (Wildman–Crippen LogP) is 3.31. The fourth-order valence-electron chi connectivity index (χ4n) is 3.07. The van der Waals surface area contributed by atoms with Gasteiger partial charge in [-0.1, -0.05) is 37.1 Å². The Kier molecular flexibility index (Phi) is 4.19. The molecule has 0 unspecified atom stereocenters. The smallest absolute Gasteiger partial charge is 0.0233 e. The number of benzene rings is 1. The maximum Gasteiger partial charge on any atom is 0.0233 e. The van der Waals surface area contributed by atoms with E-state index in [0.29, 0.717) is 0 Å². The van der Waals surface area contributed by atoms with Crippen molar-refractivity contribution in [2.45, 2.75) is 63.7 Å². The second-order valence-corrected chi connectivity index (χ2v) is 6.33. The van der Waals surface area contributed by atoms with Crippen LogP contribution >= 0.6 is 0 Å². The molecule has 1 N–H and O–H groups in total. The summed E-state index contributed by atoms with van der Waals surface area (Å²) >= 11 is 0. The highest BCUT2D eigenvalue weighted by Crippen LogP contribution is 2.24. The molecule has 2 heteroatoms. The third kappa shape index (κ3) is 3.80. The first-order chi connectivity index (χ1) is 9.31. The highest BCUT2D eigenvalue weighted by atomic mass is 15.1. The minimum absolute atomic E-state index is 0.799. The first kappa shape index (κ1) is 13.1. The van der Waals surface area contributed by atoms with Gasteiger partial charge < -0.3 is 5.32 Å². The van der Waals surface area contributed by atoms with Crippen molar-refractivity contribution in [1.29, 1.82) is 0 Å². The largest absolute Gasteiger partial charge is 0.310 e. The molecule has 3 rings (SSSR count). The van der Waals surface area contributed by atoms with Crippen molar-refractivity contribution in [2.75, 3.05) is 7.05 Å². The van der Waals surface area contributed by atoms with Crippen LogP contribution in [-0.2, 0) is 13.1 Å². The van der Waals surface area contributed by atoms with E-state index in [4.69, 9.17) is 0 Å². The first-order valence-corrected chi connectivity index (χ1v) is 7.83. The molecule has 0 spiro atoms. The number of nitrogens with zero attached hydrogens (tertiary/aromatic N) is 1. The van der Waals surface area contributed by atoms with Crippen LogP contribution in [0.3, 0.4) is 0 Å². The van der Waals surface area contributed by atoms with Crippen molar-refractivity contribution >= 4 is 0 Å². The van der Waals surface area contributed by atoms with E-state index < -0.39 is 0 Å². The quantitative estimate of drug-likeness (QED) is 0.842. The van der Waals surface area contributed by atoms with E-state index in [-0.39, 0.29) is 0 Å². The molecular weight excluding hydrogens is 232 g/mol. The zero-order valence-electron chi connectivity index (χ0n) is 12.1. The van der Waals surface area contributed by atoms with Gasteiger partial charge in [-0.15, -0.1) is 0 Å². The van der Waals surface area contributed by atoms with Gasteiger partial charge in [0.05, 0.1) is 0 Å². The Labute approximate surface area is 117 Å². The van der Waals surface area contributed by atoms with Crippen molar-refractivity contribution in [3.05, 3.63) is 35.4 Å². The van der Waals surface area contributed by atoms with E-state index in [1.54, 1.807) is 0 Å². The molecule has 0 amide bonds. The minimum atomic E-state index is 0.799. The van der Waals surface area contributed by atoms with Crippen LogP contribution in [-0.4, -0.2) is 24.0 Å². The maximum absolute atomic E-state index is 3.57. The zero-order chi connectivity index (χ0) is 13.1. The molecule has 2 aliphatic rings. The second kappa shape index (κ2) is 6.06. The number of nitrogens with one attached hydrogen (secondary N) is 1. The third-order valence-electron chi connectivity index (χ3n) is 4.58. The summed E-state index contributed by atoms with van der Waals surface area (Å²) < 4.78 is 0. The molecule has 2 fully saturated rings. The van der Waals surface area contributed by atoms with Crippen molar-refractivity contribution in [2.24, 2.45) is 0 Å². The zero-order valence-corrected chi connectivity index (χ0v) is 12.1. The summed E-state index contributed by atoms with van der Waals surface area (Å²) in [7, 11) is 2.28. The van der Waals surface area contributed by atoms with Gasteiger partial charge in [-0.25, -0.2) is 0 Å². The topological polar surface area (TPSA) is 15.3 Å². The molecule has 2 nitrogen and oxygen atoms in total. The van der Waals surface area contributed by atoms with E-state index in [1.807, 2.05) is 0 Å². The SMILES string of the molecule is CN(Cc1ccc(CNC2CC2)cc1)C1CCCC1. The van der Waals surface area contributed by atoms with Crippen LogP contribution in [0.1, 0.15) is 49.7 Å². The minimum Gasteiger partial charge on any atom is -0.310 e. The van der Waals surface area contributed by atoms with Gasteiger partial charge in [-0.3, -0.25) is 4.90 Å². The fraction of sp³-hybridized carbons (Fsp3) is 0.647. The first-order valence-electron chi connectivity index (χ1n) is 7.83. The summed E-state index contributed by atoms with van der Waals surface area (Å²) in [5, 5.41) is 3.57. The summed E-state index contributed by atoms with van der Waals surface area (Å²) in [6.45, 7) is 2.13. The van der Waals surface area contributed by atoms with Crippen LogP contribution in [0.25, 0.3) is 0 Å². The standard InChI is InChI=1S/C17H26N2/c1-19(17-4-2-3-5-17)13-15-8-6-14(7-9-15)12-18-16-10-11-16/h6-9,16-18H,2-5,10-13H2,1H3. The average Bonchev–Trinajstić information content (AvgIpc) is 3.09. The third-order valence-corrected chi connectivity index (χ3v) is 4.58. The van der Waals surface area contributed by atoms with Gasteiger partial charge >= 0.3 is 0 Å². The molecule has 0 aliphatic heterocycles. The molecule has 104 valence electrons. The van der Waals surface area contributed by atoms with Gasteiger partial charge in [-0.05, 0) is 43.9 Å². The summed E-state index contributed by atoms with van der Waals surface area (Å²) in [5.41, 5.74) is 2.86. The molecule has 0 aromatic heterocycles. The highest BCUT2D eigenvalue weighted by Gasteiger charge is 2.20. The Balaban J connectivity index is 1.49. The van der Waals surface area contributed by atoms with Gasteiger partial charge in [0, 0.05) is 25.2 Å². The summed E-state index contributed by atoms with van der Waals surface area (Å²) in [5.74, 6) is 0. The molecular formula is C17H26N2. The van der Waals surface area contributed by atoms with Crippen LogP contribution in [0.2, 0.25) is 0 Å². The highest BCUT2D eigenvalue weighted by molar-refractivity contribution is 5.22. The van der Waals surface area contributed by atoms with Crippen LogP contribution in [0.5, 0.6) is 0 Å². The van der Waals surface area contributed by atoms with Crippen LogP contribution in [0.15, 0.2) is 24.3 Å². The number of hydrogen-bond donors (Lipinski definition) is 1.